The third-order valence-corrected chi connectivity index (χ3v) is 8.65. The van der Waals surface area contributed by atoms with Crippen LogP contribution in [0.5, 0.6) is 5.75 Å². The SMILES string of the molecule is COc1ccccc1CN1CC[C@]2(c3ccccc3)CCc3nnc(C(=O)N4CCCCC4)n3C[C@H]12. The van der Waals surface area contributed by atoms with Crippen molar-refractivity contribution in [2.75, 3.05) is 26.7 Å². The lowest BCUT2D eigenvalue weighted by Crippen LogP contribution is -2.45. The number of amides is 1. The first-order valence-corrected chi connectivity index (χ1v) is 13.3. The van der Waals surface area contributed by atoms with Gasteiger partial charge in [-0.2, -0.15) is 0 Å². The summed E-state index contributed by atoms with van der Waals surface area (Å²) in [5.41, 5.74) is 2.59. The molecule has 2 fully saturated rings. The summed E-state index contributed by atoms with van der Waals surface area (Å²) in [5.74, 6) is 2.42. The lowest BCUT2D eigenvalue weighted by Gasteiger charge is -2.38. The molecule has 3 aliphatic heterocycles. The van der Waals surface area contributed by atoms with Crippen molar-refractivity contribution in [1.29, 1.82) is 0 Å². The highest BCUT2D eigenvalue weighted by Gasteiger charge is 2.50. The van der Waals surface area contributed by atoms with Gasteiger partial charge in [0.15, 0.2) is 0 Å². The summed E-state index contributed by atoms with van der Waals surface area (Å²) < 4.78 is 7.83. The van der Waals surface area contributed by atoms with E-state index in [0.717, 1.165) is 76.4 Å². The van der Waals surface area contributed by atoms with Gasteiger partial charge >= 0.3 is 0 Å². The van der Waals surface area contributed by atoms with Crippen LogP contribution in [-0.4, -0.2) is 63.3 Å². The average molecular weight is 486 g/mol. The molecule has 3 aromatic rings. The number of rotatable bonds is 5. The highest BCUT2D eigenvalue weighted by molar-refractivity contribution is 5.90. The van der Waals surface area contributed by atoms with E-state index in [1.54, 1.807) is 7.11 Å². The predicted octanol–water partition coefficient (Wildman–Crippen LogP) is 4.07. The lowest BCUT2D eigenvalue weighted by molar-refractivity contribution is 0.0702. The molecule has 0 saturated carbocycles. The van der Waals surface area contributed by atoms with Gasteiger partial charge in [-0.1, -0.05) is 48.5 Å². The number of nitrogens with zero attached hydrogens (tertiary/aromatic N) is 5. The van der Waals surface area contributed by atoms with Crippen molar-refractivity contribution in [2.24, 2.45) is 0 Å². The Morgan fingerprint density at radius 1 is 0.972 bits per heavy atom. The van der Waals surface area contributed by atoms with Crippen molar-refractivity contribution in [3.05, 3.63) is 77.4 Å². The normalized spacial score (nSPS) is 24.1. The maximum Gasteiger partial charge on any atom is 0.291 e. The number of ether oxygens (including phenoxy) is 1. The largest absolute Gasteiger partial charge is 0.496 e. The van der Waals surface area contributed by atoms with Crippen LogP contribution in [0.1, 0.15) is 59.7 Å². The van der Waals surface area contributed by atoms with Crippen LogP contribution in [0.25, 0.3) is 0 Å². The summed E-state index contributed by atoms with van der Waals surface area (Å²) in [6.07, 6.45) is 6.25. The van der Waals surface area contributed by atoms with Crippen molar-refractivity contribution in [2.45, 2.75) is 63.1 Å². The van der Waals surface area contributed by atoms with Crippen molar-refractivity contribution >= 4 is 5.91 Å². The molecule has 4 heterocycles. The molecule has 1 amide bonds. The minimum atomic E-state index is 0.00934. The van der Waals surface area contributed by atoms with Gasteiger partial charge in [0, 0.05) is 49.6 Å². The molecule has 0 bridgehead atoms. The van der Waals surface area contributed by atoms with Crippen molar-refractivity contribution < 1.29 is 9.53 Å². The molecule has 0 unspecified atom stereocenters. The second-order valence-electron chi connectivity index (χ2n) is 10.5. The molecule has 2 saturated heterocycles. The first kappa shape index (κ1) is 23.2. The summed E-state index contributed by atoms with van der Waals surface area (Å²) in [6.45, 7) is 4.18. The lowest BCUT2D eigenvalue weighted by atomic mass is 9.71. The summed E-state index contributed by atoms with van der Waals surface area (Å²) in [4.78, 5) is 18.1. The number of hydrogen-bond acceptors (Lipinski definition) is 5. The summed E-state index contributed by atoms with van der Waals surface area (Å²) >= 11 is 0. The first-order valence-electron chi connectivity index (χ1n) is 13.3. The van der Waals surface area contributed by atoms with Crippen molar-refractivity contribution in [3.8, 4) is 5.75 Å². The van der Waals surface area contributed by atoms with Crippen molar-refractivity contribution in [1.82, 2.24) is 24.6 Å². The quantitative estimate of drug-likeness (QED) is 0.545. The fourth-order valence-corrected chi connectivity index (χ4v) is 6.71. The Morgan fingerprint density at radius 3 is 2.56 bits per heavy atom. The second-order valence-corrected chi connectivity index (χ2v) is 10.5. The number of fused-ring (bicyclic) bond motifs is 2. The minimum absolute atomic E-state index is 0.00934. The number of likely N-dealkylation sites (tertiary alicyclic amines) is 2. The Labute approximate surface area is 213 Å². The zero-order valence-corrected chi connectivity index (χ0v) is 21.1. The van der Waals surface area contributed by atoms with E-state index in [-0.39, 0.29) is 17.4 Å². The van der Waals surface area contributed by atoms with E-state index in [0.29, 0.717) is 5.82 Å². The molecule has 6 rings (SSSR count). The molecule has 36 heavy (non-hydrogen) atoms. The zero-order valence-electron chi connectivity index (χ0n) is 21.1. The topological polar surface area (TPSA) is 63.5 Å². The van der Waals surface area contributed by atoms with Crippen LogP contribution >= 0.6 is 0 Å². The van der Waals surface area contributed by atoms with Gasteiger partial charge in [0.25, 0.3) is 5.91 Å². The van der Waals surface area contributed by atoms with Crippen LogP contribution in [0.3, 0.4) is 0 Å². The molecular formula is C29H35N5O2. The van der Waals surface area contributed by atoms with E-state index in [1.165, 1.54) is 17.5 Å². The number of carbonyl (C=O) groups excluding carboxylic acids is 1. The average Bonchev–Trinajstić information content (AvgIpc) is 3.45. The van der Waals surface area contributed by atoms with E-state index >= 15 is 0 Å². The van der Waals surface area contributed by atoms with Gasteiger partial charge in [-0.25, -0.2) is 0 Å². The molecule has 2 atom stereocenters. The van der Waals surface area contributed by atoms with Crippen LogP contribution < -0.4 is 4.74 Å². The molecule has 1 aromatic heterocycles. The monoisotopic (exact) mass is 485 g/mol. The Hall–Kier alpha value is -3.19. The van der Waals surface area contributed by atoms with Crippen LogP contribution in [0, 0.1) is 0 Å². The molecule has 7 heteroatoms. The molecule has 188 valence electrons. The first-order chi connectivity index (χ1) is 17.7. The molecule has 2 aromatic carbocycles. The number of piperidine rings is 1. The van der Waals surface area contributed by atoms with Gasteiger partial charge < -0.3 is 14.2 Å². The highest BCUT2D eigenvalue weighted by atomic mass is 16.5. The molecule has 7 nitrogen and oxygen atoms in total. The van der Waals surface area contributed by atoms with E-state index < -0.39 is 0 Å². The van der Waals surface area contributed by atoms with Gasteiger partial charge in [0.2, 0.25) is 5.82 Å². The van der Waals surface area contributed by atoms with Gasteiger partial charge in [0.05, 0.1) is 7.11 Å². The van der Waals surface area contributed by atoms with E-state index in [2.05, 4.69) is 62.1 Å². The molecule has 0 aliphatic carbocycles. The number of carbonyl (C=O) groups is 1. The minimum Gasteiger partial charge on any atom is -0.496 e. The predicted molar refractivity (Wildman–Crippen MR) is 138 cm³/mol. The van der Waals surface area contributed by atoms with Gasteiger partial charge in [-0.15, -0.1) is 10.2 Å². The Balaban J connectivity index is 1.37. The fourth-order valence-electron chi connectivity index (χ4n) is 6.71. The van der Waals surface area contributed by atoms with Crippen LogP contribution in [0.2, 0.25) is 0 Å². The van der Waals surface area contributed by atoms with E-state index in [9.17, 15) is 4.79 Å². The second kappa shape index (κ2) is 9.69. The van der Waals surface area contributed by atoms with Gasteiger partial charge in [-0.05, 0) is 50.3 Å². The number of aromatic nitrogens is 3. The molecule has 0 spiro atoms. The van der Waals surface area contributed by atoms with E-state index in [4.69, 9.17) is 4.74 Å². The van der Waals surface area contributed by atoms with Crippen LogP contribution in [0.4, 0.5) is 0 Å². The Kier molecular flexibility index (Phi) is 6.25. The van der Waals surface area contributed by atoms with Crippen LogP contribution in [0.15, 0.2) is 54.6 Å². The van der Waals surface area contributed by atoms with Gasteiger partial charge in [0.1, 0.15) is 11.6 Å². The van der Waals surface area contributed by atoms with Crippen LogP contribution in [-0.2, 0) is 24.9 Å². The number of benzene rings is 2. The fraction of sp³-hybridized carbons (Fsp3) is 0.483. The number of para-hydroxylation sites is 1. The maximum atomic E-state index is 13.5. The third-order valence-electron chi connectivity index (χ3n) is 8.65. The van der Waals surface area contributed by atoms with E-state index in [1.807, 2.05) is 17.0 Å². The maximum absolute atomic E-state index is 13.5. The Bertz CT molecular complexity index is 1220. The highest BCUT2D eigenvalue weighted by Crippen LogP contribution is 2.47. The summed E-state index contributed by atoms with van der Waals surface area (Å²) in [7, 11) is 1.74. The molecule has 0 N–H and O–H groups in total. The summed E-state index contributed by atoms with van der Waals surface area (Å²) in [5, 5.41) is 8.99. The third kappa shape index (κ3) is 3.99. The standard InChI is InChI=1S/C29H35N5O2/c1-36-24-13-7-6-10-22(24)20-33-19-16-29(23-11-4-2-5-12-23)15-14-26-30-31-27(34(26)21-25(29)33)28(35)32-17-8-3-9-18-32/h2,4-7,10-13,25H,3,8-9,14-21H2,1H3/t25-,29-/m0/s1. The molecule has 3 aliphatic rings. The number of hydrogen-bond donors (Lipinski definition) is 0. The zero-order chi connectivity index (χ0) is 24.5. The number of methoxy groups -OCH3 is 1. The molecule has 0 radical (unpaired) electrons. The number of aryl methyl sites for hydroxylation is 1. The Morgan fingerprint density at radius 2 is 1.75 bits per heavy atom. The summed E-state index contributed by atoms with van der Waals surface area (Å²) in [6, 6.07) is 19.5. The van der Waals surface area contributed by atoms with Crippen molar-refractivity contribution in [3.63, 3.8) is 0 Å². The smallest absolute Gasteiger partial charge is 0.291 e. The van der Waals surface area contributed by atoms with Gasteiger partial charge in [-0.3, -0.25) is 9.69 Å². The molecular weight excluding hydrogens is 450 g/mol.